The standard InChI is InChI=1S/C31H28O5/c1-2-34-26-16-17-28(30(33)19-26)29(32)18-14-25-13-15-27(35-21-23-9-5-3-6-10-23)20-31(25)36-22-24-11-7-4-8-12-24/h3-20,33H,2,21-22H2,1H3. The summed E-state index contributed by atoms with van der Waals surface area (Å²) in [6, 6.07) is 30.0. The average molecular weight is 481 g/mol. The van der Waals surface area contributed by atoms with Gasteiger partial charge in [-0.15, -0.1) is 0 Å². The van der Waals surface area contributed by atoms with Gasteiger partial charge in [0, 0.05) is 17.7 Å². The van der Waals surface area contributed by atoms with Crippen LogP contribution in [0.1, 0.15) is 34.0 Å². The van der Waals surface area contributed by atoms with E-state index in [1.807, 2.05) is 85.8 Å². The number of carbonyl (C=O) groups excluding carboxylic acids is 1. The van der Waals surface area contributed by atoms with E-state index in [9.17, 15) is 9.90 Å². The maximum Gasteiger partial charge on any atom is 0.189 e. The van der Waals surface area contributed by atoms with E-state index < -0.39 is 0 Å². The van der Waals surface area contributed by atoms with E-state index in [2.05, 4.69) is 0 Å². The summed E-state index contributed by atoms with van der Waals surface area (Å²) >= 11 is 0. The van der Waals surface area contributed by atoms with Crippen LogP contribution in [-0.4, -0.2) is 17.5 Å². The fourth-order valence-corrected chi connectivity index (χ4v) is 3.57. The number of carbonyl (C=O) groups is 1. The third-order valence-corrected chi connectivity index (χ3v) is 5.43. The predicted molar refractivity (Wildman–Crippen MR) is 141 cm³/mol. The Labute approximate surface area is 211 Å². The number of hydrogen-bond donors (Lipinski definition) is 1. The fourth-order valence-electron chi connectivity index (χ4n) is 3.57. The van der Waals surface area contributed by atoms with Crippen molar-refractivity contribution in [3.8, 4) is 23.0 Å². The van der Waals surface area contributed by atoms with Gasteiger partial charge in [0.1, 0.15) is 36.2 Å². The highest BCUT2D eigenvalue weighted by Crippen LogP contribution is 2.29. The Morgan fingerprint density at radius 2 is 1.36 bits per heavy atom. The molecule has 0 aromatic heterocycles. The third kappa shape index (κ3) is 6.76. The molecule has 0 aliphatic carbocycles. The first-order valence-electron chi connectivity index (χ1n) is 11.8. The van der Waals surface area contributed by atoms with Crippen LogP contribution in [0.4, 0.5) is 0 Å². The van der Waals surface area contributed by atoms with Crippen molar-refractivity contribution >= 4 is 11.9 Å². The first-order valence-corrected chi connectivity index (χ1v) is 11.8. The molecule has 0 saturated carbocycles. The molecule has 4 aromatic rings. The molecule has 0 bridgehead atoms. The third-order valence-electron chi connectivity index (χ3n) is 5.43. The number of ketones is 1. The van der Waals surface area contributed by atoms with Gasteiger partial charge in [-0.25, -0.2) is 0 Å². The summed E-state index contributed by atoms with van der Waals surface area (Å²) in [5, 5.41) is 10.3. The number of phenolic OH excluding ortho intramolecular Hbond substituents is 1. The SMILES string of the molecule is CCOc1ccc(C(=O)C=Cc2ccc(OCc3ccccc3)cc2OCc2ccccc2)c(O)c1. The van der Waals surface area contributed by atoms with Gasteiger partial charge in [0.25, 0.3) is 0 Å². The summed E-state index contributed by atoms with van der Waals surface area (Å²) in [5.41, 5.74) is 3.01. The van der Waals surface area contributed by atoms with Crippen molar-refractivity contribution in [2.75, 3.05) is 6.61 Å². The molecule has 0 atom stereocenters. The number of phenols is 1. The van der Waals surface area contributed by atoms with E-state index in [1.165, 1.54) is 12.1 Å². The summed E-state index contributed by atoms with van der Waals surface area (Å²) in [7, 11) is 0. The molecule has 0 spiro atoms. The van der Waals surface area contributed by atoms with Crippen molar-refractivity contribution in [3.05, 3.63) is 125 Å². The highest BCUT2D eigenvalue weighted by Gasteiger charge is 2.11. The Kier molecular flexibility index (Phi) is 8.39. The van der Waals surface area contributed by atoms with Crippen LogP contribution < -0.4 is 14.2 Å². The molecule has 182 valence electrons. The van der Waals surface area contributed by atoms with E-state index in [1.54, 1.807) is 18.2 Å². The normalized spacial score (nSPS) is 10.8. The topological polar surface area (TPSA) is 65.0 Å². The number of rotatable bonds is 11. The summed E-state index contributed by atoms with van der Waals surface area (Å²) < 4.78 is 17.4. The number of ether oxygens (including phenoxy) is 3. The zero-order valence-corrected chi connectivity index (χ0v) is 20.1. The van der Waals surface area contributed by atoms with Gasteiger partial charge in [-0.1, -0.05) is 60.7 Å². The summed E-state index contributed by atoms with van der Waals surface area (Å²) in [4.78, 5) is 12.8. The summed E-state index contributed by atoms with van der Waals surface area (Å²) in [6.07, 6.45) is 3.10. The molecule has 0 fully saturated rings. The highest BCUT2D eigenvalue weighted by atomic mass is 16.5. The van der Waals surface area contributed by atoms with Crippen molar-refractivity contribution in [3.63, 3.8) is 0 Å². The second kappa shape index (κ2) is 12.3. The quantitative estimate of drug-likeness (QED) is 0.188. The van der Waals surface area contributed by atoms with Crippen LogP contribution in [-0.2, 0) is 13.2 Å². The Morgan fingerprint density at radius 1 is 0.750 bits per heavy atom. The number of benzene rings is 4. The minimum Gasteiger partial charge on any atom is -0.507 e. The lowest BCUT2D eigenvalue weighted by Gasteiger charge is -2.13. The monoisotopic (exact) mass is 480 g/mol. The lowest BCUT2D eigenvalue weighted by atomic mass is 10.1. The summed E-state index contributed by atoms with van der Waals surface area (Å²) in [6.45, 7) is 3.14. The highest BCUT2D eigenvalue weighted by molar-refractivity contribution is 6.08. The molecule has 4 rings (SSSR count). The first kappa shape index (κ1) is 24.6. The predicted octanol–water partition coefficient (Wildman–Crippen LogP) is 6.85. The van der Waals surface area contributed by atoms with Gasteiger partial charge in [0.2, 0.25) is 0 Å². The van der Waals surface area contributed by atoms with Crippen molar-refractivity contribution in [2.45, 2.75) is 20.1 Å². The van der Waals surface area contributed by atoms with Crippen LogP contribution in [0.15, 0.2) is 103 Å². The van der Waals surface area contributed by atoms with E-state index in [0.717, 1.165) is 16.7 Å². The number of hydrogen-bond acceptors (Lipinski definition) is 5. The molecule has 0 radical (unpaired) electrons. The molecule has 5 heteroatoms. The maximum atomic E-state index is 12.8. The van der Waals surface area contributed by atoms with Gasteiger partial charge in [-0.3, -0.25) is 4.79 Å². The summed E-state index contributed by atoms with van der Waals surface area (Å²) in [5.74, 6) is 1.31. The van der Waals surface area contributed by atoms with Crippen LogP contribution in [0.5, 0.6) is 23.0 Å². The van der Waals surface area contributed by atoms with Crippen molar-refractivity contribution in [1.82, 2.24) is 0 Å². The lowest BCUT2D eigenvalue weighted by molar-refractivity contribution is 0.104. The molecule has 0 amide bonds. The van der Waals surface area contributed by atoms with Gasteiger partial charge in [-0.05, 0) is 54.5 Å². The smallest absolute Gasteiger partial charge is 0.189 e. The van der Waals surface area contributed by atoms with Gasteiger partial charge >= 0.3 is 0 Å². The molecule has 0 aliphatic rings. The van der Waals surface area contributed by atoms with Crippen molar-refractivity contribution in [2.24, 2.45) is 0 Å². The van der Waals surface area contributed by atoms with E-state index in [0.29, 0.717) is 37.1 Å². The zero-order valence-electron chi connectivity index (χ0n) is 20.1. The molecule has 0 heterocycles. The van der Waals surface area contributed by atoms with E-state index >= 15 is 0 Å². The largest absolute Gasteiger partial charge is 0.507 e. The first-order chi connectivity index (χ1) is 17.6. The molecule has 4 aromatic carbocycles. The second-order valence-electron chi connectivity index (χ2n) is 8.06. The minimum absolute atomic E-state index is 0.124. The maximum absolute atomic E-state index is 12.8. The van der Waals surface area contributed by atoms with Crippen LogP contribution in [0.3, 0.4) is 0 Å². The van der Waals surface area contributed by atoms with Gasteiger partial charge < -0.3 is 19.3 Å². The number of aromatic hydroxyl groups is 1. The molecule has 0 saturated heterocycles. The Morgan fingerprint density at radius 3 is 2.00 bits per heavy atom. The number of allylic oxidation sites excluding steroid dienone is 1. The molecule has 1 N–H and O–H groups in total. The average Bonchev–Trinajstić information content (AvgIpc) is 2.91. The lowest BCUT2D eigenvalue weighted by Crippen LogP contribution is -2.00. The van der Waals surface area contributed by atoms with Crippen LogP contribution in [0, 0.1) is 0 Å². The minimum atomic E-state index is -0.325. The fraction of sp³-hybridized carbons (Fsp3) is 0.129. The van der Waals surface area contributed by atoms with Crippen LogP contribution in [0.2, 0.25) is 0 Å². The molecule has 36 heavy (non-hydrogen) atoms. The van der Waals surface area contributed by atoms with Gasteiger partial charge in [0.05, 0.1) is 12.2 Å². The Bertz CT molecular complexity index is 1310. The van der Waals surface area contributed by atoms with Gasteiger partial charge in [0.15, 0.2) is 5.78 Å². The van der Waals surface area contributed by atoms with E-state index in [-0.39, 0.29) is 17.1 Å². The molecule has 0 aliphatic heterocycles. The molecule has 5 nitrogen and oxygen atoms in total. The van der Waals surface area contributed by atoms with Crippen LogP contribution >= 0.6 is 0 Å². The van der Waals surface area contributed by atoms with Crippen molar-refractivity contribution < 1.29 is 24.1 Å². The van der Waals surface area contributed by atoms with E-state index in [4.69, 9.17) is 14.2 Å². The Balaban J connectivity index is 1.53. The zero-order chi connectivity index (χ0) is 25.2. The second-order valence-corrected chi connectivity index (χ2v) is 8.06. The van der Waals surface area contributed by atoms with Gasteiger partial charge in [-0.2, -0.15) is 0 Å². The Hall–Kier alpha value is -4.51. The molecule has 0 unspecified atom stereocenters. The van der Waals surface area contributed by atoms with Crippen LogP contribution in [0.25, 0.3) is 6.08 Å². The molecular weight excluding hydrogens is 452 g/mol. The van der Waals surface area contributed by atoms with Crippen molar-refractivity contribution in [1.29, 1.82) is 0 Å². The molecular formula is C31H28O5.